The molecule has 9 heteroatoms. The average Bonchev–Trinajstić information content (AvgIpc) is 2.81. The van der Waals surface area contributed by atoms with Crippen LogP contribution in [0.2, 0.25) is 0 Å². The molecule has 0 spiro atoms. The monoisotopic (exact) mass is 276 g/mol. The average molecular weight is 276 g/mol. The molecule has 0 aromatic carbocycles. The number of nitrogens with one attached hydrogen (secondary N) is 1. The maximum atomic E-state index is 13.0. The van der Waals surface area contributed by atoms with Gasteiger partial charge >= 0.3 is 5.97 Å². The van der Waals surface area contributed by atoms with Gasteiger partial charge < -0.3 is 10.1 Å². The zero-order valence-corrected chi connectivity index (χ0v) is 10.7. The molecule has 0 bridgehead atoms. The van der Waals surface area contributed by atoms with Crippen LogP contribution in [0.4, 0.5) is 8.78 Å². The third-order valence-corrected chi connectivity index (χ3v) is 2.40. The second-order valence-electron chi connectivity index (χ2n) is 3.58. The van der Waals surface area contributed by atoms with Gasteiger partial charge in [0, 0.05) is 7.05 Å². The number of esters is 1. The molecule has 0 saturated carbocycles. The van der Waals surface area contributed by atoms with Crippen molar-refractivity contribution in [2.45, 2.75) is 26.3 Å². The Morgan fingerprint density at radius 1 is 1.47 bits per heavy atom. The smallest absolute Gasteiger partial charge is 0.361 e. The minimum Gasteiger partial charge on any atom is -0.461 e. The van der Waals surface area contributed by atoms with E-state index in [1.54, 1.807) is 0 Å². The second-order valence-corrected chi connectivity index (χ2v) is 3.58. The molecule has 1 atom stereocenters. The van der Waals surface area contributed by atoms with E-state index in [9.17, 15) is 18.4 Å². The topological polar surface area (TPSA) is 86.1 Å². The quantitative estimate of drug-likeness (QED) is 0.800. The van der Waals surface area contributed by atoms with E-state index in [1.807, 2.05) is 0 Å². The van der Waals surface area contributed by atoms with E-state index in [4.69, 9.17) is 0 Å². The molecule has 106 valence electrons. The molecule has 19 heavy (non-hydrogen) atoms. The zero-order chi connectivity index (χ0) is 14.6. The van der Waals surface area contributed by atoms with Crippen molar-refractivity contribution in [1.29, 1.82) is 0 Å². The SMILES string of the molecule is CCOC(=O)c1nnn(C(C)C(=O)NC)c1C(F)F. The van der Waals surface area contributed by atoms with Crippen molar-refractivity contribution in [3.63, 3.8) is 0 Å². The van der Waals surface area contributed by atoms with Gasteiger partial charge in [0.05, 0.1) is 6.61 Å². The fourth-order valence-electron chi connectivity index (χ4n) is 1.46. The Hall–Kier alpha value is -2.06. The Labute approximate surface area is 107 Å². The minimum atomic E-state index is -3.00. The fourth-order valence-corrected chi connectivity index (χ4v) is 1.46. The maximum Gasteiger partial charge on any atom is 0.361 e. The molecule has 0 aliphatic rings. The van der Waals surface area contributed by atoms with Crippen LogP contribution < -0.4 is 5.32 Å². The van der Waals surface area contributed by atoms with Crippen LogP contribution in [0.3, 0.4) is 0 Å². The summed E-state index contributed by atoms with van der Waals surface area (Å²) in [5, 5.41) is 9.11. The van der Waals surface area contributed by atoms with Crippen molar-refractivity contribution in [1.82, 2.24) is 20.3 Å². The number of likely N-dealkylation sites (N-methyl/N-ethyl adjacent to an activating group) is 1. The Bertz CT molecular complexity index is 475. The Morgan fingerprint density at radius 3 is 2.58 bits per heavy atom. The first-order valence-electron chi connectivity index (χ1n) is 5.55. The van der Waals surface area contributed by atoms with Gasteiger partial charge in [-0.2, -0.15) is 0 Å². The van der Waals surface area contributed by atoms with E-state index in [0.717, 1.165) is 4.68 Å². The van der Waals surface area contributed by atoms with Crippen LogP contribution in [-0.4, -0.2) is 40.5 Å². The molecule has 1 unspecified atom stereocenters. The lowest BCUT2D eigenvalue weighted by Gasteiger charge is -2.13. The highest BCUT2D eigenvalue weighted by molar-refractivity contribution is 5.88. The van der Waals surface area contributed by atoms with Gasteiger partial charge in [0.2, 0.25) is 5.91 Å². The lowest BCUT2D eigenvalue weighted by atomic mass is 10.2. The highest BCUT2D eigenvalue weighted by Gasteiger charge is 2.31. The van der Waals surface area contributed by atoms with Gasteiger partial charge in [-0.15, -0.1) is 5.10 Å². The number of aromatic nitrogens is 3. The molecule has 0 radical (unpaired) electrons. The van der Waals surface area contributed by atoms with Crippen LogP contribution in [0.15, 0.2) is 0 Å². The molecule has 0 fully saturated rings. The van der Waals surface area contributed by atoms with E-state index in [2.05, 4.69) is 20.4 Å². The number of ether oxygens (including phenoxy) is 1. The molecular formula is C10H14F2N4O3. The summed E-state index contributed by atoms with van der Waals surface area (Å²) in [5.41, 5.74) is -1.30. The largest absolute Gasteiger partial charge is 0.461 e. The van der Waals surface area contributed by atoms with E-state index in [-0.39, 0.29) is 6.61 Å². The highest BCUT2D eigenvalue weighted by atomic mass is 19.3. The predicted octanol–water partition coefficient (Wildman–Crippen LogP) is 0.699. The van der Waals surface area contributed by atoms with Crippen molar-refractivity contribution in [3.8, 4) is 0 Å². The maximum absolute atomic E-state index is 13.0. The number of hydrogen-bond donors (Lipinski definition) is 1. The Morgan fingerprint density at radius 2 is 2.11 bits per heavy atom. The number of carbonyl (C=O) groups excluding carboxylic acids is 2. The van der Waals surface area contributed by atoms with Crippen LogP contribution in [0, 0.1) is 0 Å². The van der Waals surface area contributed by atoms with Gasteiger partial charge in [-0.1, -0.05) is 5.21 Å². The lowest BCUT2D eigenvalue weighted by Crippen LogP contribution is -2.29. The molecule has 0 aliphatic heterocycles. The number of amides is 1. The molecule has 0 saturated heterocycles. The van der Waals surface area contributed by atoms with Gasteiger partial charge in [-0.3, -0.25) is 4.79 Å². The van der Waals surface area contributed by atoms with Crippen molar-refractivity contribution in [3.05, 3.63) is 11.4 Å². The Kier molecular flexibility index (Phi) is 4.90. The van der Waals surface area contributed by atoms with E-state index in [1.165, 1.54) is 20.9 Å². The summed E-state index contributed by atoms with van der Waals surface area (Å²) in [6.45, 7) is 2.94. The summed E-state index contributed by atoms with van der Waals surface area (Å²) in [5.74, 6) is -1.52. The van der Waals surface area contributed by atoms with Crippen molar-refractivity contribution in [2.75, 3.05) is 13.7 Å². The van der Waals surface area contributed by atoms with Crippen molar-refractivity contribution >= 4 is 11.9 Å². The molecule has 7 nitrogen and oxygen atoms in total. The van der Waals surface area contributed by atoms with Gasteiger partial charge in [0.25, 0.3) is 6.43 Å². The molecule has 1 N–H and O–H groups in total. The Balaban J connectivity index is 3.21. The van der Waals surface area contributed by atoms with Gasteiger partial charge in [0.15, 0.2) is 5.69 Å². The number of hydrogen-bond acceptors (Lipinski definition) is 5. The zero-order valence-electron chi connectivity index (χ0n) is 10.7. The third kappa shape index (κ3) is 3.04. The summed E-state index contributed by atoms with van der Waals surface area (Å²) in [7, 11) is 1.37. The molecule has 0 aliphatic carbocycles. The van der Waals surface area contributed by atoms with Gasteiger partial charge in [0.1, 0.15) is 11.7 Å². The first-order chi connectivity index (χ1) is 8.93. The fraction of sp³-hybridized carbons (Fsp3) is 0.600. The van der Waals surface area contributed by atoms with E-state index >= 15 is 0 Å². The number of nitrogens with zero attached hydrogens (tertiary/aromatic N) is 3. The molecular weight excluding hydrogens is 262 g/mol. The van der Waals surface area contributed by atoms with Crippen LogP contribution in [0.5, 0.6) is 0 Å². The van der Waals surface area contributed by atoms with Crippen LogP contribution >= 0.6 is 0 Å². The number of carbonyl (C=O) groups is 2. The minimum absolute atomic E-state index is 0.0272. The lowest BCUT2D eigenvalue weighted by molar-refractivity contribution is -0.123. The van der Waals surface area contributed by atoms with E-state index < -0.39 is 35.7 Å². The summed E-state index contributed by atoms with van der Waals surface area (Å²) < 4.78 is 31.3. The molecule has 1 amide bonds. The van der Waals surface area contributed by atoms with Crippen LogP contribution in [0.1, 0.15) is 42.5 Å². The molecule has 1 rings (SSSR count). The summed E-state index contributed by atoms with van der Waals surface area (Å²) in [6, 6.07) is -1.01. The predicted molar refractivity (Wildman–Crippen MR) is 59.7 cm³/mol. The number of halogens is 2. The van der Waals surface area contributed by atoms with Gasteiger partial charge in [-0.25, -0.2) is 18.3 Å². The van der Waals surface area contributed by atoms with Crippen molar-refractivity contribution in [2.24, 2.45) is 0 Å². The summed E-state index contributed by atoms with van der Waals surface area (Å²) in [4.78, 5) is 22.9. The summed E-state index contributed by atoms with van der Waals surface area (Å²) in [6.07, 6.45) is -3.00. The molecule has 1 aromatic rings. The standard InChI is InChI=1S/C10H14F2N4O3/c1-4-19-10(18)6-7(8(11)12)16(15-14-6)5(2)9(17)13-3/h5,8H,4H2,1-3H3,(H,13,17). The van der Waals surface area contributed by atoms with Gasteiger partial charge in [-0.05, 0) is 13.8 Å². The second kappa shape index (κ2) is 6.21. The summed E-state index contributed by atoms with van der Waals surface area (Å²) >= 11 is 0. The van der Waals surface area contributed by atoms with Crippen LogP contribution in [-0.2, 0) is 9.53 Å². The molecule has 1 aromatic heterocycles. The first-order valence-corrected chi connectivity index (χ1v) is 5.55. The number of rotatable bonds is 5. The number of alkyl halides is 2. The highest BCUT2D eigenvalue weighted by Crippen LogP contribution is 2.24. The van der Waals surface area contributed by atoms with E-state index in [0.29, 0.717) is 0 Å². The van der Waals surface area contributed by atoms with Crippen molar-refractivity contribution < 1.29 is 23.1 Å². The molecule has 1 heterocycles. The van der Waals surface area contributed by atoms with Crippen LogP contribution in [0.25, 0.3) is 0 Å². The first kappa shape index (κ1) is 15.0. The third-order valence-electron chi connectivity index (χ3n) is 2.40. The normalized spacial score (nSPS) is 12.3.